The number of H-pyrrole nitrogens is 1. The summed E-state index contributed by atoms with van der Waals surface area (Å²) in [5, 5.41) is 0. The molecule has 0 aliphatic heterocycles. The van der Waals surface area contributed by atoms with Gasteiger partial charge in [-0.2, -0.15) is 0 Å². The second-order valence-electron chi connectivity index (χ2n) is 5.05. The minimum atomic E-state index is -0.186. The Bertz CT molecular complexity index is 764. The fourth-order valence-electron chi connectivity index (χ4n) is 2.30. The van der Waals surface area contributed by atoms with E-state index in [2.05, 4.69) is 29.0 Å². The lowest BCUT2D eigenvalue weighted by Crippen LogP contribution is -2.05. The molecule has 3 aromatic rings. The number of aryl methyl sites for hydroxylation is 1. The van der Waals surface area contributed by atoms with Crippen LogP contribution in [0.1, 0.15) is 24.4 Å². The van der Waals surface area contributed by atoms with Crippen molar-refractivity contribution in [3.8, 4) is 11.5 Å². The number of nitrogens with one attached hydrogen (secondary N) is 1. The predicted octanol–water partition coefficient (Wildman–Crippen LogP) is 4.02. The van der Waals surface area contributed by atoms with Crippen LogP contribution in [0.4, 0.5) is 0 Å². The Hall–Kier alpha value is -2.49. The molecule has 0 saturated carbocycles. The molecule has 1 aromatic heterocycles. The van der Waals surface area contributed by atoms with Gasteiger partial charge in [-0.15, -0.1) is 0 Å². The zero-order chi connectivity index (χ0) is 14.8. The topological polar surface area (TPSA) is 47.1 Å². The van der Waals surface area contributed by atoms with Gasteiger partial charge in [0.25, 0.3) is 0 Å². The molecule has 1 N–H and O–H groups in total. The molecular weight excluding hydrogens is 264 g/mol. The van der Waals surface area contributed by atoms with E-state index in [-0.39, 0.29) is 6.10 Å². The highest BCUT2D eigenvalue weighted by molar-refractivity contribution is 5.75. The number of fused-ring (bicyclic) bond motifs is 1. The van der Waals surface area contributed by atoms with Gasteiger partial charge in [-0.3, -0.25) is 0 Å². The SMILES string of the molecule is COc1ccccc1O[C@@H](C)c1nc2ccc(C)cc2[nH]1. The van der Waals surface area contributed by atoms with E-state index in [0.29, 0.717) is 5.75 Å². The summed E-state index contributed by atoms with van der Waals surface area (Å²) in [5.74, 6) is 2.24. The summed E-state index contributed by atoms with van der Waals surface area (Å²) in [5.41, 5.74) is 3.18. The molecule has 0 amide bonds. The molecule has 0 bridgehead atoms. The number of hydrogen-bond donors (Lipinski definition) is 1. The van der Waals surface area contributed by atoms with Crippen LogP contribution in [0.15, 0.2) is 42.5 Å². The number of nitrogens with zero attached hydrogens (tertiary/aromatic N) is 1. The van der Waals surface area contributed by atoms with E-state index < -0.39 is 0 Å². The summed E-state index contributed by atoms with van der Waals surface area (Å²) < 4.78 is 11.3. The summed E-state index contributed by atoms with van der Waals surface area (Å²) in [6.07, 6.45) is -0.186. The van der Waals surface area contributed by atoms with Crippen molar-refractivity contribution in [2.75, 3.05) is 7.11 Å². The van der Waals surface area contributed by atoms with Gasteiger partial charge in [-0.1, -0.05) is 18.2 Å². The Morgan fingerprint density at radius 2 is 1.86 bits per heavy atom. The molecule has 3 rings (SSSR count). The highest BCUT2D eigenvalue weighted by Crippen LogP contribution is 2.30. The summed E-state index contributed by atoms with van der Waals surface area (Å²) in [6.45, 7) is 4.03. The van der Waals surface area contributed by atoms with Crippen molar-refractivity contribution in [3.63, 3.8) is 0 Å². The summed E-state index contributed by atoms with van der Waals surface area (Å²) in [4.78, 5) is 7.90. The Kier molecular flexibility index (Phi) is 3.52. The van der Waals surface area contributed by atoms with E-state index in [4.69, 9.17) is 9.47 Å². The third-order valence-electron chi connectivity index (χ3n) is 3.41. The van der Waals surface area contributed by atoms with Crippen LogP contribution in [0.25, 0.3) is 11.0 Å². The van der Waals surface area contributed by atoms with Crippen molar-refractivity contribution in [1.29, 1.82) is 0 Å². The fourth-order valence-corrected chi connectivity index (χ4v) is 2.30. The summed E-state index contributed by atoms with van der Waals surface area (Å²) >= 11 is 0. The van der Waals surface area contributed by atoms with Gasteiger partial charge < -0.3 is 14.5 Å². The van der Waals surface area contributed by atoms with Crippen LogP contribution in [0.2, 0.25) is 0 Å². The van der Waals surface area contributed by atoms with Crippen molar-refractivity contribution in [3.05, 3.63) is 53.9 Å². The quantitative estimate of drug-likeness (QED) is 0.786. The molecule has 0 spiro atoms. The minimum Gasteiger partial charge on any atom is -0.493 e. The van der Waals surface area contributed by atoms with Crippen molar-refractivity contribution >= 4 is 11.0 Å². The van der Waals surface area contributed by atoms with Crippen LogP contribution < -0.4 is 9.47 Å². The number of methoxy groups -OCH3 is 1. The summed E-state index contributed by atoms with van der Waals surface area (Å²) in [7, 11) is 1.64. The maximum Gasteiger partial charge on any atom is 0.162 e. The molecule has 0 unspecified atom stereocenters. The number of benzene rings is 2. The minimum absolute atomic E-state index is 0.186. The molecule has 0 radical (unpaired) electrons. The molecule has 4 nitrogen and oxygen atoms in total. The van der Waals surface area contributed by atoms with Crippen molar-refractivity contribution in [1.82, 2.24) is 9.97 Å². The van der Waals surface area contributed by atoms with Crippen molar-refractivity contribution in [2.24, 2.45) is 0 Å². The van der Waals surface area contributed by atoms with Crippen LogP contribution in [0, 0.1) is 6.92 Å². The molecule has 4 heteroatoms. The first-order valence-electron chi connectivity index (χ1n) is 6.93. The number of hydrogen-bond acceptors (Lipinski definition) is 3. The maximum absolute atomic E-state index is 5.96. The van der Waals surface area contributed by atoms with E-state index in [1.165, 1.54) is 5.56 Å². The molecule has 0 aliphatic rings. The molecule has 2 aromatic carbocycles. The monoisotopic (exact) mass is 282 g/mol. The molecule has 1 atom stereocenters. The smallest absolute Gasteiger partial charge is 0.162 e. The number of aromatic amines is 1. The second kappa shape index (κ2) is 5.48. The first kappa shape index (κ1) is 13.5. The third kappa shape index (κ3) is 2.70. The Morgan fingerprint density at radius 1 is 1.10 bits per heavy atom. The fraction of sp³-hybridized carbons (Fsp3) is 0.235. The number of ether oxygens (including phenoxy) is 2. The Labute approximate surface area is 123 Å². The first-order valence-corrected chi connectivity index (χ1v) is 6.93. The van der Waals surface area contributed by atoms with E-state index in [9.17, 15) is 0 Å². The molecular formula is C17H18N2O2. The Balaban J connectivity index is 1.88. The molecule has 0 fully saturated rings. The van der Waals surface area contributed by atoms with Gasteiger partial charge in [-0.05, 0) is 43.7 Å². The van der Waals surface area contributed by atoms with Gasteiger partial charge in [0.15, 0.2) is 17.6 Å². The Morgan fingerprint density at radius 3 is 2.62 bits per heavy atom. The van der Waals surface area contributed by atoms with Gasteiger partial charge in [0.2, 0.25) is 0 Å². The number of aromatic nitrogens is 2. The predicted molar refractivity (Wildman–Crippen MR) is 82.9 cm³/mol. The highest BCUT2D eigenvalue weighted by Gasteiger charge is 2.14. The number of rotatable bonds is 4. The largest absolute Gasteiger partial charge is 0.493 e. The molecule has 0 saturated heterocycles. The van der Waals surface area contributed by atoms with E-state index in [0.717, 1.165) is 22.6 Å². The van der Waals surface area contributed by atoms with Crippen molar-refractivity contribution in [2.45, 2.75) is 20.0 Å². The van der Waals surface area contributed by atoms with E-state index >= 15 is 0 Å². The zero-order valence-electron chi connectivity index (χ0n) is 12.4. The normalized spacial score (nSPS) is 12.3. The number of para-hydroxylation sites is 2. The lowest BCUT2D eigenvalue weighted by molar-refractivity contribution is 0.208. The molecule has 21 heavy (non-hydrogen) atoms. The maximum atomic E-state index is 5.96. The van der Waals surface area contributed by atoms with Gasteiger partial charge in [0.05, 0.1) is 18.1 Å². The van der Waals surface area contributed by atoms with Crippen LogP contribution in [-0.4, -0.2) is 17.1 Å². The lowest BCUT2D eigenvalue weighted by Gasteiger charge is -2.14. The average Bonchev–Trinajstić information content (AvgIpc) is 2.91. The van der Waals surface area contributed by atoms with E-state index in [1.807, 2.05) is 37.3 Å². The molecule has 108 valence electrons. The van der Waals surface area contributed by atoms with Crippen LogP contribution in [0.5, 0.6) is 11.5 Å². The van der Waals surface area contributed by atoms with E-state index in [1.54, 1.807) is 7.11 Å². The molecule has 1 heterocycles. The highest BCUT2D eigenvalue weighted by atomic mass is 16.5. The van der Waals surface area contributed by atoms with Gasteiger partial charge in [0, 0.05) is 0 Å². The molecule has 0 aliphatic carbocycles. The summed E-state index contributed by atoms with van der Waals surface area (Å²) in [6, 6.07) is 13.8. The number of imidazole rings is 1. The lowest BCUT2D eigenvalue weighted by atomic mass is 10.2. The standard InChI is InChI=1S/C17H18N2O2/c1-11-8-9-13-14(10-11)19-17(18-13)12(2)21-16-7-5-4-6-15(16)20-3/h4-10,12H,1-3H3,(H,18,19)/t12-/m0/s1. The van der Waals surface area contributed by atoms with Crippen molar-refractivity contribution < 1.29 is 9.47 Å². The third-order valence-corrected chi connectivity index (χ3v) is 3.41. The first-order chi connectivity index (χ1) is 10.2. The van der Waals surface area contributed by atoms with Gasteiger partial charge in [0.1, 0.15) is 5.82 Å². The van der Waals surface area contributed by atoms with Crippen LogP contribution in [0.3, 0.4) is 0 Å². The zero-order valence-corrected chi connectivity index (χ0v) is 12.4. The van der Waals surface area contributed by atoms with Crippen LogP contribution >= 0.6 is 0 Å². The second-order valence-corrected chi connectivity index (χ2v) is 5.05. The van der Waals surface area contributed by atoms with Gasteiger partial charge in [-0.25, -0.2) is 4.98 Å². The van der Waals surface area contributed by atoms with Crippen LogP contribution in [-0.2, 0) is 0 Å². The average molecular weight is 282 g/mol. The van der Waals surface area contributed by atoms with Gasteiger partial charge >= 0.3 is 0 Å².